The van der Waals surface area contributed by atoms with Crippen LogP contribution in [0.1, 0.15) is 27.2 Å². The molecule has 9 heteroatoms. The van der Waals surface area contributed by atoms with Crippen LogP contribution >= 0.6 is 0 Å². The molecule has 0 aliphatic carbocycles. The smallest absolute Gasteiger partial charge is 0.353 e. The summed E-state index contributed by atoms with van der Waals surface area (Å²) >= 11 is 0. The Hall–Kier alpha value is -1.35. The molecule has 2 fully saturated rings. The SMILES string of the molecule is CC(C)NC(=O)C(C)N1CCN(C2CCN(CC(F)(F)F)C2=O)CC1. The average Bonchev–Trinajstić information content (AvgIpc) is 2.85. The van der Waals surface area contributed by atoms with Crippen molar-refractivity contribution in [1.82, 2.24) is 20.0 Å². The van der Waals surface area contributed by atoms with E-state index in [-0.39, 0.29) is 24.5 Å². The summed E-state index contributed by atoms with van der Waals surface area (Å²) in [6.45, 7) is 7.03. The van der Waals surface area contributed by atoms with Gasteiger partial charge in [-0.15, -0.1) is 0 Å². The Labute approximate surface area is 146 Å². The maximum Gasteiger partial charge on any atom is 0.406 e. The lowest BCUT2D eigenvalue weighted by Gasteiger charge is -2.39. The lowest BCUT2D eigenvalue weighted by Crippen LogP contribution is -2.57. The highest BCUT2D eigenvalue weighted by Crippen LogP contribution is 2.24. The molecule has 2 heterocycles. The third kappa shape index (κ3) is 5.31. The number of hydrogen-bond donors (Lipinski definition) is 1. The molecule has 0 aromatic rings. The average molecular weight is 364 g/mol. The molecule has 1 N–H and O–H groups in total. The lowest BCUT2D eigenvalue weighted by atomic mass is 10.1. The summed E-state index contributed by atoms with van der Waals surface area (Å²) in [5, 5.41) is 2.88. The van der Waals surface area contributed by atoms with Crippen LogP contribution in [0.25, 0.3) is 0 Å². The van der Waals surface area contributed by atoms with Gasteiger partial charge in [0.05, 0.1) is 12.1 Å². The van der Waals surface area contributed by atoms with Crippen LogP contribution in [0, 0.1) is 0 Å². The number of carbonyl (C=O) groups excluding carboxylic acids is 2. The van der Waals surface area contributed by atoms with Gasteiger partial charge < -0.3 is 10.2 Å². The van der Waals surface area contributed by atoms with Gasteiger partial charge >= 0.3 is 6.18 Å². The van der Waals surface area contributed by atoms with Crippen LogP contribution in [0.5, 0.6) is 0 Å². The molecule has 2 amide bonds. The van der Waals surface area contributed by atoms with Gasteiger partial charge in [0.1, 0.15) is 6.54 Å². The Balaban J connectivity index is 1.84. The monoisotopic (exact) mass is 364 g/mol. The van der Waals surface area contributed by atoms with E-state index in [1.54, 1.807) is 0 Å². The van der Waals surface area contributed by atoms with Gasteiger partial charge in [0.2, 0.25) is 11.8 Å². The van der Waals surface area contributed by atoms with Crippen molar-refractivity contribution in [2.75, 3.05) is 39.3 Å². The maximum absolute atomic E-state index is 12.5. The number of alkyl halides is 3. The fourth-order valence-corrected chi connectivity index (χ4v) is 3.44. The molecule has 0 saturated carbocycles. The Morgan fingerprint density at radius 1 is 1.16 bits per heavy atom. The molecule has 2 atom stereocenters. The number of carbonyl (C=O) groups is 2. The number of nitrogens with one attached hydrogen (secondary N) is 1. The third-order valence-corrected chi connectivity index (χ3v) is 4.79. The normalized spacial score (nSPS) is 24.8. The Morgan fingerprint density at radius 3 is 2.28 bits per heavy atom. The van der Waals surface area contributed by atoms with Gasteiger partial charge in [-0.2, -0.15) is 13.2 Å². The van der Waals surface area contributed by atoms with Crippen molar-refractivity contribution >= 4 is 11.8 Å². The molecule has 2 aliphatic rings. The highest BCUT2D eigenvalue weighted by Gasteiger charge is 2.42. The molecule has 2 aliphatic heterocycles. The van der Waals surface area contributed by atoms with Crippen molar-refractivity contribution in [3.05, 3.63) is 0 Å². The van der Waals surface area contributed by atoms with E-state index in [0.29, 0.717) is 32.6 Å². The van der Waals surface area contributed by atoms with Crippen LogP contribution in [-0.2, 0) is 9.59 Å². The Morgan fingerprint density at radius 2 is 1.76 bits per heavy atom. The molecule has 6 nitrogen and oxygen atoms in total. The highest BCUT2D eigenvalue weighted by atomic mass is 19.4. The highest BCUT2D eigenvalue weighted by molar-refractivity contribution is 5.84. The second-order valence-electron chi connectivity index (χ2n) is 7.09. The number of likely N-dealkylation sites (tertiary alicyclic amines) is 1. The first-order chi connectivity index (χ1) is 11.6. The molecule has 25 heavy (non-hydrogen) atoms. The largest absolute Gasteiger partial charge is 0.406 e. The van der Waals surface area contributed by atoms with Gasteiger partial charge in [0.15, 0.2) is 0 Å². The van der Waals surface area contributed by atoms with Crippen LogP contribution in [0.2, 0.25) is 0 Å². The van der Waals surface area contributed by atoms with Crippen molar-refractivity contribution in [3.63, 3.8) is 0 Å². The molecule has 144 valence electrons. The number of nitrogens with zero attached hydrogens (tertiary/aromatic N) is 3. The molecule has 0 aromatic heterocycles. The molecule has 2 unspecified atom stereocenters. The molecule has 0 bridgehead atoms. The molecular weight excluding hydrogens is 337 g/mol. The summed E-state index contributed by atoms with van der Waals surface area (Å²) in [6, 6.07) is -0.651. The van der Waals surface area contributed by atoms with Crippen molar-refractivity contribution < 1.29 is 22.8 Å². The van der Waals surface area contributed by atoms with Gasteiger partial charge in [-0.25, -0.2) is 0 Å². The first kappa shape index (κ1) is 20.0. The van der Waals surface area contributed by atoms with E-state index in [4.69, 9.17) is 0 Å². The first-order valence-electron chi connectivity index (χ1n) is 8.72. The summed E-state index contributed by atoms with van der Waals surface area (Å²) in [5.74, 6) is -0.465. The summed E-state index contributed by atoms with van der Waals surface area (Å²) in [4.78, 5) is 29.2. The predicted molar refractivity (Wildman–Crippen MR) is 86.9 cm³/mol. The Bertz CT molecular complexity index is 490. The van der Waals surface area contributed by atoms with Crippen LogP contribution < -0.4 is 5.32 Å². The zero-order valence-corrected chi connectivity index (χ0v) is 15.0. The van der Waals surface area contributed by atoms with Crippen molar-refractivity contribution in [3.8, 4) is 0 Å². The molecule has 0 spiro atoms. The second kappa shape index (κ2) is 7.90. The first-order valence-corrected chi connectivity index (χ1v) is 8.72. The number of halogens is 3. The van der Waals surface area contributed by atoms with E-state index in [0.717, 1.165) is 4.90 Å². The Kier molecular flexibility index (Phi) is 6.31. The minimum atomic E-state index is -4.36. The van der Waals surface area contributed by atoms with Crippen molar-refractivity contribution in [2.24, 2.45) is 0 Å². The fourth-order valence-electron chi connectivity index (χ4n) is 3.44. The van der Waals surface area contributed by atoms with Crippen molar-refractivity contribution in [1.29, 1.82) is 0 Å². The van der Waals surface area contributed by atoms with Gasteiger partial charge in [-0.1, -0.05) is 0 Å². The number of rotatable bonds is 5. The summed E-state index contributed by atoms with van der Waals surface area (Å²) in [7, 11) is 0. The quantitative estimate of drug-likeness (QED) is 0.780. The summed E-state index contributed by atoms with van der Waals surface area (Å²) in [5.41, 5.74) is 0. The number of piperazine rings is 1. The molecular formula is C16H27F3N4O2. The maximum atomic E-state index is 12.5. The summed E-state index contributed by atoms with van der Waals surface area (Å²) < 4.78 is 37.5. The topological polar surface area (TPSA) is 55.9 Å². The van der Waals surface area contributed by atoms with Crippen LogP contribution in [0.4, 0.5) is 13.2 Å². The molecule has 0 aromatic carbocycles. The van der Waals surface area contributed by atoms with E-state index in [9.17, 15) is 22.8 Å². The lowest BCUT2D eigenvalue weighted by molar-refractivity contribution is -0.159. The number of hydrogen-bond acceptors (Lipinski definition) is 4. The van der Waals surface area contributed by atoms with Gasteiger partial charge in [0.25, 0.3) is 0 Å². The molecule has 2 saturated heterocycles. The standard InChI is InChI=1S/C16H27F3N4O2/c1-11(2)20-14(24)12(3)21-6-8-22(9-7-21)13-4-5-23(15(13)25)10-16(17,18)19/h11-13H,4-10H2,1-3H3,(H,20,24). The van der Waals surface area contributed by atoms with Gasteiger partial charge in [0, 0.05) is 38.8 Å². The van der Waals surface area contributed by atoms with Crippen LogP contribution in [0.15, 0.2) is 0 Å². The minimum Gasteiger partial charge on any atom is -0.353 e. The second-order valence-corrected chi connectivity index (χ2v) is 7.09. The van der Waals surface area contributed by atoms with Gasteiger partial charge in [-0.05, 0) is 27.2 Å². The number of amides is 2. The third-order valence-electron chi connectivity index (χ3n) is 4.79. The fraction of sp³-hybridized carbons (Fsp3) is 0.875. The van der Waals surface area contributed by atoms with Gasteiger partial charge in [-0.3, -0.25) is 19.4 Å². The van der Waals surface area contributed by atoms with Crippen LogP contribution in [0.3, 0.4) is 0 Å². The van der Waals surface area contributed by atoms with E-state index in [1.807, 2.05) is 30.6 Å². The van der Waals surface area contributed by atoms with E-state index < -0.39 is 24.7 Å². The summed E-state index contributed by atoms with van der Waals surface area (Å²) in [6.07, 6.45) is -3.93. The van der Waals surface area contributed by atoms with E-state index in [2.05, 4.69) is 5.32 Å². The zero-order valence-electron chi connectivity index (χ0n) is 15.0. The zero-order chi connectivity index (χ0) is 18.8. The molecule has 0 radical (unpaired) electrons. The predicted octanol–water partition coefficient (Wildman–Crippen LogP) is 0.680. The molecule has 2 rings (SSSR count). The van der Waals surface area contributed by atoms with E-state index in [1.165, 1.54) is 0 Å². The van der Waals surface area contributed by atoms with E-state index >= 15 is 0 Å². The van der Waals surface area contributed by atoms with Crippen molar-refractivity contribution in [2.45, 2.75) is 51.5 Å². The minimum absolute atomic E-state index is 0.0308. The van der Waals surface area contributed by atoms with Crippen LogP contribution in [-0.4, -0.2) is 90.1 Å².